The molecule has 1 saturated carbocycles. The first-order chi connectivity index (χ1) is 10.6. The fourth-order valence-electron chi connectivity index (χ4n) is 2.14. The Bertz CT molecular complexity index is 874. The molecule has 0 spiro atoms. The Labute approximate surface area is 129 Å². The van der Waals surface area contributed by atoms with Gasteiger partial charge in [0.15, 0.2) is 23.1 Å². The molecule has 0 aliphatic heterocycles. The van der Waals surface area contributed by atoms with E-state index in [0.29, 0.717) is 16.7 Å². The normalized spacial score (nSPS) is 14.5. The lowest BCUT2D eigenvalue weighted by atomic mass is 10.2. The summed E-state index contributed by atoms with van der Waals surface area (Å²) in [6.07, 6.45) is 5.07. The van der Waals surface area contributed by atoms with Gasteiger partial charge in [-0.2, -0.15) is 4.39 Å². The molecule has 3 aromatic rings. The van der Waals surface area contributed by atoms with Crippen molar-refractivity contribution >= 4 is 34.4 Å². The van der Waals surface area contributed by atoms with Gasteiger partial charge < -0.3 is 16.0 Å². The molecule has 0 radical (unpaired) electrons. The third-order valence-corrected chi connectivity index (χ3v) is 3.57. The Balaban J connectivity index is 1.86. The molecule has 7 nitrogen and oxygen atoms in total. The molecular formula is C13H11ClFN7. The van der Waals surface area contributed by atoms with Crippen molar-refractivity contribution in [3.05, 3.63) is 23.4 Å². The van der Waals surface area contributed by atoms with Gasteiger partial charge in [-0.1, -0.05) is 11.6 Å². The van der Waals surface area contributed by atoms with E-state index in [1.165, 1.54) is 6.20 Å². The van der Waals surface area contributed by atoms with Crippen LogP contribution in [0.2, 0.25) is 5.15 Å². The van der Waals surface area contributed by atoms with Crippen molar-refractivity contribution in [3.63, 3.8) is 0 Å². The van der Waals surface area contributed by atoms with Crippen LogP contribution in [0.5, 0.6) is 0 Å². The number of halogens is 2. The van der Waals surface area contributed by atoms with Crippen LogP contribution in [0.3, 0.4) is 0 Å². The highest BCUT2D eigenvalue weighted by atomic mass is 35.5. The molecule has 3 heterocycles. The van der Waals surface area contributed by atoms with Gasteiger partial charge in [0.05, 0.1) is 11.8 Å². The summed E-state index contributed by atoms with van der Waals surface area (Å²) in [4.78, 5) is 19.5. The number of nitrogens with two attached hydrogens (primary N) is 1. The Morgan fingerprint density at radius 2 is 2.14 bits per heavy atom. The van der Waals surface area contributed by atoms with Crippen LogP contribution in [-0.4, -0.2) is 31.0 Å². The van der Waals surface area contributed by atoms with E-state index in [2.05, 4.69) is 30.2 Å². The second-order valence-electron chi connectivity index (χ2n) is 5.11. The summed E-state index contributed by atoms with van der Waals surface area (Å²) in [6.45, 7) is 0. The largest absolute Gasteiger partial charge is 0.381 e. The van der Waals surface area contributed by atoms with Crippen LogP contribution < -0.4 is 11.1 Å². The van der Waals surface area contributed by atoms with Gasteiger partial charge in [0.25, 0.3) is 0 Å². The highest BCUT2D eigenvalue weighted by Gasteiger charge is 2.25. The fraction of sp³-hybridized carbons (Fsp3) is 0.231. The van der Waals surface area contributed by atoms with Crippen molar-refractivity contribution in [3.8, 4) is 11.4 Å². The van der Waals surface area contributed by atoms with Gasteiger partial charge in [-0.3, -0.25) is 0 Å². The molecule has 22 heavy (non-hydrogen) atoms. The highest BCUT2D eigenvalue weighted by Crippen LogP contribution is 2.30. The van der Waals surface area contributed by atoms with Crippen molar-refractivity contribution in [2.24, 2.45) is 0 Å². The number of nitrogen functional groups attached to an aromatic ring is 1. The molecule has 1 aliphatic carbocycles. The average Bonchev–Trinajstić information content (AvgIpc) is 3.21. The minimum atomic E-state index is -0.639. The number of H-pyrrole nitrogens is 1. The van der Waals surface area contributed by atoms with Gasteiger partial charge in [0.1, 0.15) is 10.7 Å². The number of aromatic nitrogens is 5. The Hall–Kier alpha value is -2.48. The van der Waals surface area contributed by atoms with Crippen LogP contribution >= 0.6 is 11.6 Å². The fourth-order valence-corrected chi connectivity index (χ4v) is 2.28. The average molecular weight is 320 g/mol. The van der Waals surface area contributed by atoms with Crippen LogP contribution in [0.15, 0.2) is 12.4 Å². The molecule has 1 fully saturated rings. The molecule has 1 aliphatic rings. The van der Waals surface area contributed by atoms with Crippen LogP contribution in [0.25, 0.3) is 22.6 Å². The minimum absolute atomic E-state index is 0.106. The van der Waals surface area contributed by atoms with Crippen molar-refractivity contribution in [1.29, 1.82) is 0 Å². The summed E-state index contributed by atoms with van der Waals surface area (Å²) in [5.74, 6) is -0.476. The lowest BCUT2D eigenvalue weighted by Gasteiger charge is -2.08. The maximum Gasteiger partial charge on any atom is 0.207 e. The zero-order valence-corrected chi connectivity index (χ0v) is 12.0. The summed E-state index contributed by atoms with van der Waals surface area (Å²) in [6, 6.07) is 0.244. The zero-order chi connectivity index (χ0) is 15.3. The van der Waals surface area contributed by atoms with Crippen LogP contribution in [0.1, 0.15) is 12.8 Å². The number of aromatic amines is 1. The van der Waals surface area contributed by atoms with E-state index in [1.54, 1.807) is 6.20 Å². The molecule has 0 unspecified atom stereocenters. The van der Waals surface area contributed by atoms with Gasteiger partial charge in [-0.15, -0.1) is 0 Å². The van der Waals surface area contributed by atoms with E-state index in [4.69, 9.17) is 17.3 Å². The van der Waals surface area contributed by atoms with Gasteiger partial charge in [0, 0.05) is 12.2 Å². The number of anilines is 2. The summed E-state index contributed by atoms with van der Waals surface area (Å²) in [7, 11) is 0. The third-order valence-electron chi connectivity index (χ3n) is 3.39. The van der Waals surface area contributed by atoms with Crippen molar-refractivity contribution in [2.45, 2.75) is 18.9 Å². The molecule has 0 bridgehead atoms. The van der Waals surface area contributed by atoms with Crippen LogP contribution in [0.4, 0.5) is 16.0 Å². The standard InChI is InChI=1S/C13H11ClFN7/c14-7-4-18-13-9(20-7)6(3-17-13)11-21-10(16)8(15)12(22-11)19-5-1-2-5/h3-5H,1-2H2,(H,17,18)(H3,16,19,21,22). The first-order valence-electron chi connectivity index (χ1n) is 6.71. The molecule has 3 aromatic heterocycles. The Kier molecular flexibility index (Phi) is 2.86. The van der Waals surface area contributed by atoms with E-state index in [1.807, 2.05) is 0 Å². The predicted molar refractivity (Wildman–Crippen MR) is 80.9 cm³/mol. The summed E-state index contributed by atoms with van der Waals surface area (Å²) >= 11 is 5.87. The highest BCUT2D eigenvalue weighted by molar-refractivity contribution is 6.29. The molecule has 0 saturated heterocycles. The van der Waals surface area contributed by atoms with Gasteiger partial charge >= 0.3 is 0 Å². The first kappa shape index (κ1) is 13.2. The molecule has 4 N–H and O–H groups in total. The molecule has 0 atom stereocenters. The first-order valence-corrected chi connectivity index (χ1v) is 7.09. The van der Waals surface area contributed by atoms with Crippen LogP contribution in [0, 0.1) is 5.82 Å². The number of hydrogen-bond donors (Lipinski definition) is 3. The number of nitrogens with one attached hydrogen (secondary N) is 2. The van der Waals surface area contributed by atoms with E-state index in [-0.39, 0.29) is 28.7 Å². The molecule has 112 valence electrons. The maximum atomic E-state index is 14.0. The number of fused-ring (bicyclic) bond motifs is 1. The number of nitrogens with zero attached hydrogens (tertiary/aromatic N) is 4. The quantitative estimate of drug-likeness (QED) is 0.684. The predicted octanol–water partition coefficient (Wildman–Crippen LogP) is 2.36. The van der Waals surface area contributed by atoms with Gasteiger partial charge in [-0.25, -0.2) is 19.9 Å². The van der Waals surface area contributed by atoms with Gasteiger partial charge in [0.2, 0.25) is 5.82 Å². The monoisotopic (exact) mass is 319 g/mol. The SMILES string of the molecule is Nc1nc(-c2c[nH]c3ncc(Cl)nc23)nc(NC2CC2)c1F. The zero-order valence-electron chi connectivity index (χ0n) is 11.3. The summed E-state index contributed by atoms with van der Waals surface area (Å²) in [5.41, 5.74) is 7.28. The van der Waals surface area contributed by atoms with E-state index in [9.17, 15) is 4.39 Å². The lowest BCUT2D eigenvalue weighted by molar-refractivity contribution is 0.623. The molecule has 4 rings (SSSR count). The van der Waals surface area contributed by atoms with E-state index >= 15 is 0 Å². The summed E-state index contributed by atoms with van der Waals surface area (Å²) < 4.78 is 14.0. The maximum absolute atomic E-state index is 14.0. The Morgan fingerprint density at radius 3 is 2.91 bits per heavy atom. The lowest BCUT2D eigenvalue weighted by Crippen LogP contribution is -2.10. The minimum Gasteiger partial charge on any atom is -0.381 e. The smallest absolute Gasteiger partial charge is 0.207 e. The number of rotatable bonds is 3. The molecule has 0 amide bonds. The van der Waals surface area contributed by atoms with E-state index in [0.717, 1.165) is 12.8 Å². The second kappa shape index (κ2) is 4.77. The number of hydrogen-bond acceptors (Lipinski definition) is 6. The molecule has 0 aromatic carbocycles. The van der Waals surface area contributed by atoms with Crippen molar-refractivity contribution in [1.82, 2.24) is 24.9 Å². The van der Waals surface area contributed by atoms with Crippen LogP contribution in [-0.2, 0) is 0 Å². The molecular weight excluding hydrogens is 309 g/mol. The molecule has 9 heteroatoms. The second-order valence-corrected chi connectivity index (χ2v) is 5.49. The van der Waals surface area contributed by atoms with Gasteiger partial charge in [-0.05, 0) is 12.8 Å². The summed E-state index contributed by atoms with van der Waals surface area (Å²) in [5, 5.41) is 3.26. The van der Waals surface area contributed by atoms with E-state index < -0.39 is 5.82 Å². The van der Waals surface area contributed by atoms with Crippen molar-refractivity contribution < 1.29 is 4.39 Å². The van der Waals surface area contributed by atoms with Crippen molar-refractivity contribution in [2.75, 3.05) is 11.1 Å². The topological polar surface area (TPSA) is 105 Å². The third kappa shape index (κ3) is 2.21. The Morgan fingerprint density at radius 1 is 1.32 bits per heavy atom.